The van der Waals surface area contributed by atoms with Crippen molar-refractivity contribution in [2.75, 3.05) is 27.4 Å². The van der Waals surface area contributed by atoms with Crippen molar-refractivity contribution in [3.05, 3.63) is 89.5 Å². The third-order valence-electron chi connectivity index (χ3n) is 5.44. The summed E-state index contributed by atoms with van der Waals surface area (Å²) in [4.78, 5) is 12.2. The number of aryl methyl sites for hydroxylation is 1. The molecule has 0 atom stereocenters. The molecule has 0 aliphatic heterocycles. The Morgan fingerprint density at radius 3 is 2.43 bits per heavy atom. The highest BCUT2D eigenvalue weighted by molar-refractivity contribution is 7.98. The van der Waals surface area contributed by atoms with Gasteiger partial charge in [-0.25, -0.2) is 0 Å². The second-order valence-electron chi connectivity index (χ2n) is 7.91. The van der Waals surface area contributed by atoms with Gasteiger partial charge in [0.2, 0.25) is 0 Å². The maximum absolute atomic E-state index is 12.2. The molecular formula is C27H28N4O3S. The summed E-state index contributed by atoms with van der Waals surface area (Å²) in [7, 11) is 3.27. The molecule has 8 heteroatoms. The molecule has 4 aromatic rings. The van der Waals surface area contributed by atoms with Crippen molar-refractivity contribution in [1.29, 1.82) is 0 Å². The minimum atomic E-state index is -0.111. The molecule has 0 saturated carbocycles. The zero-order valence-corrected chi connectivity index (χ0v) is 20.8. The van der Waals surface area contributed by atoms with Gasteiger partial charge in [-0.05, 0) is 36.8 Å². The summed E-state index contributed by atoms with van der Waals surface area (Å²) in [6.07, 6.45) is 0. The molecule has 1 amide bonds. The molecule has 1 heterocycles. The van der Waals surface area contributed by atoms with Crippen LogP contribution in [0.25, 0.3) is 17.1 Å². The summed E-state index contributed by atoms with van der Waals surface area (Å²) in [6, 6.07) is 23.7. The van der Waals surface area contributed by atoms with Crippen LogP contribution in [0.15, 0.2) is 78.0 Å². The van der Waals surface area contributed by atoms with Crippen LogP contribution in [0.5, 0.6) is 5.75 Å². The first-order chi connectivity index (χ1) is 17.1. The van der Waals surface area contributed by atoms with E-state index in [1.807, 2.05) is 53.1 Å². The molecule has 35 heavy (non-hydrogen) atoms. The van der Waals surface area contributed by atoms with Gasteiger partial charge in [-0.1, -0.05) is 65.9 Å². The number of methoxy groups -OCH3 is 2. The van der Waals surface area contributed by atoms with Crippen LogP contribution in [-0.4, -0.2) is 48.0 Å². The van der Waals surface area contributed by atoms with E-state index in [-0.39, 0.29) is 5.91 Å². The monoisotopic (exact) mass is 488 g/mol. The topological polar surface area (TPSA) is 78.3 Å². The number of thioether (sulfide) groups is 1. The Morgan fingerprint density at radius 2 is 1.71 bits per heavy atom. The molecule has 3 aromatic carbocycles. The van der Waals surface area contributed by atoms with Crippen LogP contribution in [-0.2, 0) is 10.5 Å². The van der Waals surface area contributed by atoms with E-state index in [2.05, 4.69) is 46.7 Å². The van der Waals surface area contributed by atoms with E-state index in [1.165, 1.54) is 5.56 Å². The molecule has 1 aromatic heterocycles. The normalized spacial score (nSPS) is 10.8. The van der Waals surface area contributed by atoms with E-state index >= 15 is 0 Å². The molecule has 1 N–H and O–H groups in total. The second-order valence-corrected chi connectivity index (χ2v) is 8.86. The fourth-order valence-corrected chi connectivity index (χ4v) is 4.45. The summed E-state index contributed by atoms with van der Waals surface area (Å²) in [6.45, 7) is 3.03. The fraction of sp³-hybridized carbons (Fsp3) is 0.222. The quantitative estimate of drug-likeness (QED) is 0.252. The Hall–Kier alpha value is -3.62. The van der Waals surface area contributed by atoms with Gasteiger partial charge in [0, 0.05) is 30.5 Å². The highest BCUT2D eigenvalue weighted by Crippen LogP contribution is 2.33. The van der Waals surface area contributed by atoms with Crippen molar-refractivity contribution in [3.8, 4) is 22.8 Å². The molecule has 0 bridgehead atoms. The number of benzene rings is 3. The van der Waals surface area contributed by atoms with Crippen LogP contribution in [0.1, 0.15) is 21.5 Å². The summed E-state index contributed by atoms with van der Waals surface area (Å²) >= 11 is 1.58. The van der Waals surface area contributed by atoms with Gasteiger partial charge in [-0.2, -0.15) is 0 Å². The third-order valence-corrected chi connectivity index (χ3v) is 6.45. The molecule has 0 spiro atoms. The van der Waals surface area contributed by atoms with Crippen molar-refractivity contribution >= 4 is 17.7 Å². The molecule has 0 unspecified atom stereocenters. The van der Waals surface area contributed by atoms with E-state index in [9.17, 15) is 4.79 Å². The lowest BCUT2D eigenvalue weighted by atomic mass is 10.1. The SMILES string of the molecule is COCCNC(=O)c1ccc(CSc2nnc(-c3ccc(C)cc3)n2-c2ccccc2OC)cc1. The zero-order valence-electron chi connectivity index (χ0n) is 20.0. The first kappa shape index (κ1) is 24.5. The minimum absolute atomic E-state index is 0.111. The number of nitrogens with one attached hydrogen (secondary N) is 1. The van der Waals surface area contributed by atoms with Gasteiger partial charge < -0.3 is 14.8 Å². The van der Waals surface area contributed by atoms with Gasteiger partial charge in [0.25, 0.3) is 5.91 Å². The number of para-hydroxylation sites is 2. The summed E-state index contributed by atoms with van der Waals surface area (Å²) in [5, 5.41) is 12.6. The predicted octanol–water partition coefficient (Wildman–Crippen LogP) is 4.92. The lowest BCUT2D eigenvalue weighted by Gasteiger charge is -2.14. The Labute approximate surface area is 209 Å². The van der Waals surface area contributed by atoms with Crippen LogP contribution in [0.4, 0.5) is 0 Å². The molecular weight excluding hydrogens is 460 g/mol. The van der Waals surface area contributed by atoms with Gasteiger partial charge in [-0.15, -0.1) is 10.2 Å². The van der Waals surface area contributed by atoms with Gasteiger partial charge in [0.15, 0.2) is 11.0 Å². The van der Waals surface area contributed by atoms with Crippen LogP contribution in [0, 0.1) is 6.92 Å². The van der Waals surface area contributed by atoms with Crippen LogP contribution in [0.2, 0.25) is 0 Å². The molecule has 0 radical (unpaired) electrons. The van der Waals surface area contributed by atoms with Gasteiger partial charge in [0.1, 0.15) is 5.75 Å². The number of carbonyl (C=O) groups is 1. The molecule has 0 saturated heterocycles. The number of amides is 1. The van der Waals surface area contributed by atoms with Gasteiger partial charge in [-0.3, -0.25) is 9.36 Å². The predicted molar refractivity (Wildman–Crippen MR) is 138 cm³/mol. The zero-order chi connectivity index (χ0) is 24.6. The molecule has 4 rings (SSSR count). The van der Waals surface area contributed by atoms with Crippen LogP contribution < -0.4 is 10.1 Å². The molecule has 0 fully saturated rings. The molecule has 180 valence electrons. The van der Waals surface area contributed by atoms with Crippen molar-refractivity contribution < 1.29 is 14.3 Å². The second kappa shape index (κ2) is 11.7. The number of aromatic nitrogens is 3. The number of hydrogen-bond acceptors (Lipinski definition) is 6. The highest BCUT2D eigenvalue weighted by Gasteiger charge is 2.19. The highest BCUT2D eigenvalue weighted by atomic mass is 32.2. The fourth-order valence-electron chi connectivity index (χ4n) is 3.55. The van der Waals surface area contributed by atoms with Crippen molar-refractivity contribution in [3.63, 3.8) is 0 Å². The summed E-state index contributed by atoms with van der Waals surface area (Å²) < 4.78 is 12.6. The number of nitrogens with zero attached hydrogens (tertiary/aromatic N) is 3. The molecule has 7 nitrogen and oxygen atoms in total. The standard InChI is InChI=1S/C27H28N4O3S/c1-19-8-12-21(13-9-19)25-29-30-27(31(25)23-6-4-5-7-24(23)34-3)35-18-20-10-14-22(15-11-20)26(32)28-16-17-33-2/h4-15H,16-18H2,1-3H3,(H,28,32). The number of hydrogen-bond donors (Lipinski definition) is 1. The first-order valence-electron chi connectivity index (χ1n) is 11.3. The van der Waals surface area contributed by atoms with Crippen LogP contribution >= 0.6 is 11.8 Å². The Bertz CT molecular complexity index is 1270. The molecule has 0 aliphatic carbocycles. The number of rotatable bonds is 10. The number of ether oxygens (including phenoxy) is 2. The lowest BCUT2D eigenvalue weighted by Crippen LogP contribution is -2.26. The Morgan fingerprint density at radius 1 is 0.971 bits per heavy atom. The van der Waals surface area contributed by atoms with E-state index < -0.39 is 0 Å². The van der Waals surface area contributed by atoms with Gasteiger partial charge in [0.05, 0.1) is 19.4 Å². The molecule has 0 aliphatic rings. The number of carbonyl (C=O) groups excluding carboxylic acids is 1. The minimum Gasteiger partial charge on any atom is -0.495 e. The maximum Gasteiger partial charge on any atom is 0.251 e. The first-order valence-corrected chi connectivity index (χ1v) is 12.2. The van der Waals surface area contributed by atoms with Crippen molar-refractivity contribution in [2.45, 2.75) is 17.8 Å². The van der Waals surface area contributed by atoms with E-state index in [0.717, 1.165) is 33.5 Å². The smallest absolute Gasteiger partial charge is 0.251 e. The third kappa shape index (κ3) is 5.90. The van der Waals surface area contributed by atoms with E-state index in [0.29, 0.717) is 24.5 Å². The summed E-state index contributed by atoms with van der Waals surface area (Å²) in [5.41, 5.74) is 4.73. The largest absolute Gasteiger partial charge is 0.495 e. The average Bonchev–Trinajstić information content (AvgIpc) is 3.32. The van der Waals surface area contributed by atoms with E-state index in [1.54, 1.807) is 26.0 Å². The summed E-state index contributed by atoms with van der Waals surface area (Å²) in [5.74, 6) is 2.05. The Balaban J connectivity index is 1.58. The Kier molecular flexibility index (Phi) is 8.18. The van der Waals surface area contributed by atoms with E-state index in [4.69, 9.17) is 9.47 Å². The lowest BCUT2D eigenvalue weighted by molar-refractivity contribution is 0.0937. The van der Waals surface area contributed by atoms with Crippen LogP contribution in [0.3, 0.4) is 0 Å². The van der Waals surface area contributed by atoms with Crippen molar-refractivity contribution in [1.82, 2.24) is 20.1 Å². The van der Waals surface area contributed by atoms with Crippen molar-refractivity contribution in [2.24, 2.45) is 0 Å². The average molecular weight is 489 g/mol. The van der Waals surface area contributed by atoms with Gasteiger partial charge >= 0.3 is 0 Å². The maximum atomic E-state index is 12.2.